The van der Waals surface area contributed by atoms with E-state index in [2.05, 4.69) is 28.5 Å². The number of nitrogens with one attached hydrogen (secondary N) is 1. The van der Waals surface area contributed by atoms with Crippen LogP contribution < -0.4 is 11.1 Å². The second kappa shape index (κ2) is 7.72. The Morgan fingerprint density at radius 1 is 1.27 bits per heavy atom. The number of likely N-dealkylation sites (tertiary alicyclic amines) is 1. The van der Waals surface area contributed by atoms with Gasteiger partial charge in [0.05, 0.1) is 0 Å². The second-order valence-corrected chi connectivity index (χ2v) is 7.15. The Morgan fingerprint density at radius 2 is 2.00 bits per heavy atom. The van der Waals surface area contributed by atoms with Crippen LogP contribution in [0.4, 0.5) is 0 Å². The largest absolute Gasteiger partial charge is 0.341 e. The standard InChI is InChI=1S/C18H25N5O3/c1-13(2)18-19-7-10-22(18)11-14-5-8-21(9-6-14)17(26)12-23-16(25)4-3-15(24)20-23/h3-4,7,10,13-14H,5-6,8-9,11-12H2,1-2H3,(H,20,24). The van der Waals surface area contributed by atoms with Gasteiger partial charge in [0.15, 0.2) is 0 Å². The first kappa shape index (κ1) is 18.2. The van der Waals surface area contributed by atoms with Crippen molar-refractivity contribution in [3.05, 3.63) is 51.1 Å². The Balaban J connectivity index is 1.55. The van der Waals surface area contributed by atoms with Crippen molar-refractivity contribution in [3.63, 3.8) is 0 Å². The summed E-state index contributed by atoms with van der Waals surface area (Å²) < 4.78 is 3.28. The van der Waals surface area contributed by atoms with Gasteiger partial charge in [-0.3, -0.25) is 19.5 Å². The second-order valence-electron chi connectivity index (χ2n) is 7.15. The maximum atomic E-state index is 12.4. The van der Waals surface area contributed by atoms with Crippen molar-refractivity contribution < 1.29 is 4.79 Å². The molecule has 1 fully saturated rings. The zero-order valence-electron chi connectivity index (χ0n) is 15.2. The van der Waals surface area contributed by atoms with Gasteiger partial charge in [0.25, 0.3) is 11.1 Å². The van der Waals surface area contributed by atoms with Crippen LogP contribution in [0.15, 0.2) is 34.1 Å². The van der Waals surface area contributed by atoms with Gasteiger partial charge in [0, 0.05) is 50.1 Å². The van der Waals surface area contributed by atoms with Gasteiger partial charge < -0.3 is 9.47 Å². The molecule has 26 heavy (non-hydrogen) atoms. The molecule has 0 aromatic carbocycles. The van der Waals surface area contributed by atoms with Crippen LogP contribution >= 0.6 is 0 Å². The topological polar surface area (TPSA) is 93.0 Å². The van der Waals surface area contributed by atoms with Crippen LogP contribution in [0.2, 0.25) is 0 Å². The fraction of sp³-hybridized carbons (Fsp3) is 0.556. The third-order valence-electron chi connectivity index (χ3n) is 4.87. The summed E-state index contributed by atoms with van der Waals surface area (Å²) >= 11 is 0. The normalized spacial score (nSPS) is 15.6. The van der Waals surface area contributed by atoms with Crippen LogP contribution in [-0.4, -0.2) is 43.2 Å². The quantitative estimate of drug-likeness (QED) is 0.854. The number of piperidine rings is 1. The lowest BCUT2D eigenvalue weighted by molar-refractivity contribution is -0.133. The average molecular weight is 359 g/mol. The van der Waals surface area contributed by atoms with E-state index in [1.54, 1.807) is 4.90 Å². The van der Waals surface area contributed by atoms with Gasteiger partial charge in [-0.2, -0.15) is 0 Å². The Morgan fingerprint density at radius 3 is 2.69 bits per heavy atom. The third kappa shape index (κ3) is 4.12. The first-order chi connectivity index (χ1) is 12.4. The smallest absolute Gasteiger partial charge is 0.265 e. The van der Waals surface area contributed by atoms with Crippen LogP contribution in [0, 0.1) is 5.92 Å². The molecular weight excluding hydrogens is 334 g/mol. The van der Waals surface area contributed by atoms with Crippen molar-refractivity contribution in [2.24, 2.45) is 5.92 Å². The maximum absolute atomic E-state index is 12.4. The van der Waals surface area contributed by atoms with E-state index in [4.69, 9.17) is 0 Å². The highest BCUT2D eigenvalue weighted by Gasteiger charge is 2.24. The van der Waals surface area contributed by atoms with Crippen LogP contribution in [0.3, 0.4) is 0 Å². The number of carbonyl (C=O) groups excluding carboxylic acids is 1. The van der Waals surface area contributed by atoms with E-state index in [1.165, 1.54) is 6.07 Å². The van der Waals surface area contributed by atoms with Crippen molar-refractivity contribution in [3.8, 4) is 0 Å². The van der Waals surface area contributed by atoms with Crippen molar-refractivity contribution in [2.75, 3.05) is 13.1 Å². The number of nitrogens with zero attached hydrogens (tertiary/aromatic N) is 4. The molecule has 1 saturated heterocycles. The van der Waals surface area contributed by atoms with Crippen LogP contribution in [0.25, 0.3) is 0 Å². The minimum atomic E-state index is -0.391. The molecule has 1 aliphatic rings. The molecule has 8 heteroatoms. The zero-order valence-corrected chi connectivity index (χ0v) is 15.2. The molecule has 140 valence electrons. The molecule has 3 rings (SSSR count). The summed E-state index contributed by atoms with van der Waals surface area (Å²) in [5, 5.41) is 2.39. The van der Waals surface area contributed by atoms with E-state index in [1.807, 2.05) is 12.4 Å². The van der Waals surface area contributed by atoms with Crippen LogP contribution in [0.5, 0.6) is 0 Å². The third-order valence-corrected chi connectivity index (χ3v) is 4.87. The van der Waals surface area contributed by atoms with E-state index in [-0.39, 0.29) is 18.0 Å². The van der Waals surface area contributed by atoms with Gasteiger partial charge in [0.2, 0.25) is 5.91 Å². The monoisotopic (exact) mass is 359 g/mol. The van der Waals surface area contributed by atoms with E-state index in [0.717, 1.165) is 36.0 Å². The fourth-order valence-corrected chi connectivity index (χ4v) is 3.43. The number of rotatable bonds is 5. The summed E-state index contributed by atoms with van der Waals surface area (Å²) in [5.41, 5.74) is -0.772. The molecule has 0 spiro atoms. The Kier molecular flexibility index (Phi) is 5.39. The first-order valence-corrected chi connectivity index (χ1v) is 9.03. The van der Waals surface area contributed by atoms with Crippen molar-refractivity contribution in [1.29, 1.82) is 0 Å². The molecule has 0 radical (unpaired) electrons. The minimum Gasteiger partial charge on any atom is -0.341 e. The molecule has 1 N–H and O–H groups in total. The number of aromatic nitrogens is 4. The van der Waals surface area contributed by atoms with E-state index >= 15 is 0 Å². The van der Waals surface area contributed by atoms with Gasteiger partial charge in [-0.1, -0.05) is 13.8 Å². The Hall–Kier alpha value is -2.64. The molecule has 2 aromatic heterocycles. The van der Waals surface area contributed by atoms with Crippen LogP contribution in [-0.2, 0) is 17.9 Å². The number of H-pyrrole nitrogens is 1. The van der Waals surface area contributed by atoms with Gasteiger partial charge in [-0.25, -0.2) is 9.67 Å². The molecule has 0 saturated carbocycles. The average Bonchev–Trinajstić information content (AvgIpc) is 3.07. The summed E-state index contributed by atoms with van der Waals surface area (Å²) in [7, 11) is 0. The van der Waals surface area contributed by atoms with E-state index < -0.39 is 5.56 Å². The SMILES string of the molecule is CC(C)c1nccn1CC1CCN(C(=O)Cn2[nH]c(=O)ccc2=O)CC1. The highest BCUT2D eigenvalue weighted by molar-refractivity contribution is 5.75. The lowest BCUT2D eigenvalue weighted by Crippen LogP contribution is -2.43. The van der Waals surface area contributed by atoms with Gasteiger partial charge in [-0.05, 0) is 18.8 Å². The predicted octanol–water partition coefficient (Wildman–Crippen LogP) is 0.795. The summed E-state index contributed by atoms with van der Waals surface area (Å²) in [6.45, 7) is 6.40. The number of carbonyl (C=O) groups is 1. The maximum Gasteiger partial charge on any atom is 0.265 e. The lowest BCUT2D eigenvalue weighted by atomic mass is 9.96. The molecular formula is C18H25N5O3. The Labute approximate surface area is 151 Å². The van der Waals surface area contributed by atoms with Crippen molar-refractivity contribution in [1.82, 2.24) is 24.2 Å². The van der Waals surface area contributed by atoms with Crippen molar-refractivity contribution in [2.45, 2.75) is 45.7 Å². The molecule has 1 amide bonds. The molecule has 3 heterocycles. The van der Waals surface area contributed by atoms with Crippen LogP contribution in [0.1, 0.15) is 38.4 Å². The zero-order chi connectivity index (χ0) is 18.7. The van der Waals surface area contributed by atoms with E-state index in [9.17, 15) is 14.4 Å². The fourth-order valence-electron chi connectivity index (χ4n) is 3.43. The lowest BCUT2D eigenvalue weighted by Gasteiger charge is -2.32. The van der Waals surface area contributed by atoms with Crippen molar-refractivity contribution >= 4 is 5.91 Å². The highest BCUT2D eigenvalue weighted by atomic mass is 16.2. The first-order valence-electron chi connectivity index (χ1n) is 9.03. The number of imidazole rings is 1. The van der Waals surface area contributed by atoms with Gasteiger partial charge in [0.1, 0.15) is 12.4 Å². The number of hydrogen-bond acceptors (Lipinski definition) is 4. The summed E-state index contributed by atoms with van der Waals surface area (Å²) in [5.74, 6) is 1.84. The molecule has 0 unspecified atom stereocenters. The number of amides is 1. The minimum absolute atomic E-state index is 0.126. The molecule has 1 aliphatic heterocycles. The van der Waals surface area contributed by atoms with E-state index in [0.29, 0.717) is 24.9 Å². The molecule has 0 aliphatic carbocycles. The number of hydrogen-bond donors (Lipinski definition) is 1. The summed E-state index contributed by atoms with van der Waals surface area (Å²) in [6.07, 6.45) is 5.70. The molecule has 0 bridgehead atoms. The molecule has 0 atom stereocenters. The highest BCUT2D eigenvalue weighted by Crippen LogP contribution is 2.21. The molecule has 2 aromatic rings. The summed E-state index contributed by atoms with van der Waals surface area (Å²) in [6, 6.07) is 2.34. The van der Waals surface area contributed by atoms with Gasteiger partial charge in [-0.15, -0.1) is 0 Å². The molecule has 8 nitrogen and oxygen atoms in total. The number of aromatic amines is 1. The van der Waals surface area contributed by atoms with Gasteiger partial charge >= 0.3 is 0 Å². The Bertz CT molecular complexity index is 871. The summed E-state index contributed by atoms with van der Waals surface area (Å²) in [4.78, 5) is 41.7. The predicted molar refractivity (Wildman–Crippen MR) is 96.9 cm³/mol.